The van der Waals surface area contributed by atoms with Crippen LogP contribution in [-0.2, 0) is 15.1 Å². The van der Waals surface area contributed by atoms with Crippen LogP contribution in [0.15, 0.2) is 16.5 Å². The van der Waals surface area contributed by atoms with E-state index in [2.05, 4.69) is 13.8 Å². The molecule has 0 saturated heterocycles. The summed E-state index contributed by atoms with van der Waals surface area (Å²) in [6, 6.07) is 3.28. The summed E-state index contributed by atoms with van der Waals surface area (Å²) in [7, 11) is -4.92. The van der Waals surface area contributed by atoms with Crippen molar-refractivity contribution in [3.05, 3.63) is 30.6 Å². The maximum atomic E-state index is 11.8. The molecule has 0 fully saturated rings. The molecule has 0 spiro atoms. The van der Waals surface area contributed by atoms with Crippen LogP contribution in [0.1, 0.15) is 101 Å². The first kappa shape index (κ1) is 30.7. The number of furan rings is 1. The monoisotopic (exact) mass is 441 g/mol. The normalized spacial score (nSPS) is 11.7. The van der Waals surface area contributed by atoms with Crippen LogP contribution in [-0.4, -0.2) is 29.6 Å². The molecule has 1 unspecified atom stereocenters. The van der Waals surface area contributed by atoms with Crippen molar-refractivity contribution in [2.45, 2.75) is 90.6 Å². The third-order valence-corrected chi connectivity index (χ3v) is 4.14. The summed E-state index contributed by atoms with van der Waals surface area (Å²) in [5, 5.41) is 0. The van der Waals surface area contributed by atoms with Gasteiger partial charge in [0, 0.05) is 0 Å². The van der Waals surface area contributed by atoms with Crippen LogP contribution in [0.2, 0.25) is 0 Å². The molecule has 0 bridgehead atoms. The molecule has 1 aromatic heterocycles. The molecule has 1 aromatic rings. The Balaban J connectivity index is 0. The van der Waals surface area contributed by atoms with Gasteiger partial charge in [-0.2, -0.15) is 6.07 Å². The first-order valence-electron chi connectivity index (χ1n) is 9.94. The smallest absolute Gasteiger partial charge is 0.726 e. The number of esters is 1. The molecule has 0 aliphatic rings. The van der Waals surface area contributed by atoms with Crippen molar-refractivity contribution in [3.8, 4) is 0 Å². The van der Waals surface area contributed by atoms with Crippen LogP contribution in [0, 0.1) is 6.92 Å². The molecule has 164 valence electrons. The van der Waals surface area contributed by atoms with Crippen LogP contribution < -0.4 is 29.6 Å². The average molecular weight is 442 g/mol. The number of hydrogen-bond acceptors (Lipinski definition) is 6. The fourth-order valence-corrected chi connectivity index (χ4v) is 2.71. The maximum Gasteiger partial charge on any atom is 1.00 e. The summed E-state index contributed by atoms with van der Waals surface area (Å²) in [6.45, 7) is 7.83. The molecule has 0 amide bonds. The summed E-state index contributed by atoms with van der Waals surface area (Å²) in [5.41, 5.74) is 0. The van der Waals surface area contributed by atoms with Crippen molar-refractivity contribution in [2.75, 3.05) is 0 Å². The van der Waals surface area contributed by atoms with E-state index in [0.29, 0.717) is 5.76 Å². The molecular weight excluding hydrogens is 407 g/mol. The van der Waals surface area contributed by atoms with Crippen LogP contribution in [0.5, 0.6) is 0 Å². The standard InChI is InChI=1S/C20H33O3.Na.H2O4S/c1-4-5-6-7-8-9-10-11-12-13-14-17(2)23-20(21)19-16-15-18(3)22-19;;1-5(2,3)4/h15-17H,3-14H2,1-2H3;;(H2,1,2,3,4)/q-1;+1;/p-1. The first-order valence-corrected chi connectivity index (χ1v) is 11.3. The van der Waals surface area contributed by atoms with Gasteiger partial charge in [0.25, 0.3) is 0 Å². The molecule has 9 heteroatoms. The van der Waals surface area contributed by atoms with Crippen molar-refractivity contribution in [1.82, 2.24) is 0 Å². The maximum absolute atomic E-state index is 11.8. The summed E-state index contributed by atoms with van der Waals surface area (Å²) >= 11 is 0. The number of hydrogen-bond donors (Lipinski definition) is 1. The Morgan fingerprint density at radius 1 is 1.10 bits per heavy atom. The fraction of sp³-hybridized carbons (Fsp3) is 0.700. The van der Waals surface area contributed by atoms with E-state index in [4.69, 9.17) is 26.7 Å². The van der Waals surface area contributed by atoms with Crippen LogP contribution in [0.25, 0.3) is 0 Å². The van der Waals surface area contributed by atoms with Gasteiger partial charge in [0.05, 0.1) is 6.10 Å². The molecule has 0 aromatic carbocycles. The second kappa shape index (κ2) is 18.3. The van der Waals surface area contributed by atoms with Gasteiger partial charge >= 0.3 is 35.5 Å². The molecule has 7 nitrogen and oxygen atoms in total. The molecular formula is C20H34NaO7S-. The minimum absolute atomic E-state index is 0. The largest absolute Gasteiger partial charge is 1.00 e. The zero-order valence-corrected chi connectivity index (χ0v) is 20.8. The second-order valence-electron chi connectivity index (χ2n) is 6.88. The van der Waals surface area contributed by atoms with Gasteiger partial charge in [-0.05, 0) is 25.5 Å². The Kier molecular flexibility index (Phi) is 19.3. The fourth-order valence-electron chi connectivity index (χ4n) is 2.71. The Labute approximate surface area is 197 Å². The van der Waals surface area contributed by atoms with E-state index in [9.17, 15) is 4.79 Å². The van der Waals surface area contributed by atoms with E-state index in [0.717, 1.165) is 12.8 Å². The zero-order valence-electron chi connectivity index (χ0n) is 18.0. The molecule has 0 radical (unpaired) electrons. The minimum atomic E-state index is -4.92. The summed E-state index contributed by atoms with van der Waals surface area (Å²) in [4.78, 5) is 11.8. The summed E-state index contributed by atoms with van der Waals surface area (Å²) in [5.74, 6) is 0.337. The molecule has 0 aliphatic carbocycles. The topological polar surface area (TPSA) is 117 Å². The molecule has 1 N–H and O–H groups in total. The van der Waals surface area contributed by atoms with Gasteiger partial charge in [-0.25, -0.2) is 20.1 Å². The van der Waals surface area contributed by atoms with Gasteiger partial charge in [-0.1, -0.05) is 70.8 Å². The van der Waals surface area contributed by atoms with E-state index in [1.54, 1.807) is 12.1 Å². The third kappa shape index (κ3) is 22.0. The van der Waals surface area contributed by atoms with Gasteiger partial charge in [-0.3, -0.25) is 4.55 Å². The van der Waals surface area contributed by atoms with Gasteiger partial charge in [0.1, 0.15) is 0 Å². The quantitative estimate of drug-likeness (QED) is 0.125. The van der Waals surface area contributed by atoms with Crippen LogP contribution >= 0.6 is 0 Å². The van der Waals surface area contributed by atoms with E-state index in [-0.39, 0.29) is 47.4 Å². The molecule has 0 saturated carbocycles. The number of carbonyl (C=O) groups excluding carboxylic acids is 1. The van der Waals surface area contributed by atoms with Crippen LogP contribution in [0.3, 0.4) is 0 Å². The van der Waals surface area contributed by atoms with Crippen molar-refractivity contribution >= 4 is 16.4 Å². The van der Waals surface area contributed by atoms with E-state index >= 15 is 0 Å². The van der Waals surface area contributed by atoms with E-state index < -0.39 is 10.4 Å². The first-order chi connectivity index (χ1) is 13.1. The van der Waals surface area contributed by atoms with Crippen molar-refractivity contribution < 1.29 is 61.0 Å². The number of ether oxygens (including phenoxy) is 1. The summed E-state index contributed by atoms with van der Waals surface area (Å²) in [6.07, 6.45) is 14.0. The third-order valence-electron chi connectivity index (χ3n) is 4.14. The van der Waals surface area contributed by atoms with Crippen LogP contribution in [0.4, 0.5) is 0 Å². The average Bonchev–Trinajstić information content (AvgIpc) is 3.01. The van der Waals surface area contributed by atoms with Crippen molar-refractivity contribution in [1.29, 1.82) is 0 Å². The summed E-state index contributed by atoms with van der Waals surface area (Å²) < 4.78 is 43.4. The Morgan fingerprint density at radius 2 is 1.55 bits per heavy atom. The second-order valence-corrected chi connectivity index (χ2v) is 7.74. The van der Waals surface area contributed by atoms with Crippen molar-refractivity contribution in [3.63, 3.8) is 0 Å². The van der Waals surface area contributed by atoms with E-state index in [1.165, 1.54) is 57.8 Å². The SMILES string of the molecule is O=S(=O)([O-])O.[CH2-]c1ccc(C(=O)OC(C)CCCCCCCCCCCC)o1.[Na+]. The predicted molar refractivity (Wildman–Crippen MR) is 107 cm³/mol. The molecule has 1 heterocycles. The molecule has 1 atom stereocenters. The number of unbranched alkanes of at least 4 members (excludes halogenated alkanes) is 9. The Bertz CT molecular complexity index is 621. The van der Waals surface area contributed by atoms with Gasteiger partial charge in [0.15, 0.2) is 5.76 Å². The zero-order chi connectivity index (χ0) is 21.4. The Hall–Kier alpha value is -0.510. The van der Waals surface area contributed by atoms with Gasteiger partial charge in [0.2, 0.25) is 10.4 Å². The predicted octanol–water partition coefficient (Wildman–Crippen LogP) is 2.33. The van der Waals surface area contributed by atoms with Crippen molar-refractivity contribution in [2.24, 2.45) is 0 Å². The van der Waals surface area contributed by atoms with E-state index in [1.807, 2.05) is 6.92 Å². The van der Waals surface area contributed by atoms with Gasteiger partial charge < -0.3 is 13.7 Å². The molecule has 0 aliphatic heterocycles. The molecule has 29 heavy (non-hydrogen) atoms. The molecule has 1 rings (SSSR count). The number of carbonyl (C=O) groups is 1. The number of rotatable bonds is 13. The van der Waals surface area contributed by atoms with Gasteiger partial charge in [-0.15, -0.1) is 0 Å². The Morgan fingerprint density at radius 3 is 1.97 bits per heavy atom. The minimum Gasteiger partial charge on any atom is -0.726 e.